The van der Waals surface area contributed by atoms with Crippen LogP contribution in [0.1, 0.15) is 35.6 Å². The van der Waals surface area contributed by atoms with E-state index in [0.29, 0.717) is 0 Å². The summed E-state index contributed by atoms with van der Waals surface area (Å²) in [6.45, 7) is 2.93. The summed E-state index contributed by atoms with van der Waals surface area (Å²) in [5.41, 5.74) is 8.12. The maximum absolute atomic E-state index is 6.86. The number of benzene rings is 3. The van der Waals surface area contributed by atoms with Crippen molar-refractivity contribution in [2.75, 3.05) is 20.2 Å². The molecule has 1 atom stereocenters. The third-order valence-corrected chi connectivity index (χ3v) is 7.09. The van der Waals surface area contributed by atoms with E-state index in [9.17, 15) is 0 Å². The Morgan fingerprint density at radius 2 is 1.67 bits per heavy atom. The van der Waals surface area contributed by atoms with E-state index in [1.54, 1.807) is 7.11 Å². The number of nitrogens with zero attached hydrogens (tertiary/aromatic N) is 2. The van der Waals surface area contributed by atoms with Crippen LogP contribution in [0.15, 0.2) is 84.9 Å². The number of likely N-dealkylation sites (tertiary alicyclic amines) is 1. The minimum Gasteiger partial charge on any atom is -0.493 e. The summed E-state index contributed by atoms with van der Waals surface area (Å²) in [4.78, 5) is 2.53. The molecule has 3 aliphatic heterocycles. The summed E-state index contributed by atoms with van der Waals surface area (Å²) in [5, 5.41) is 2.34. The van der Waals surface area contributed by atoms with E-state index in [1.807, 2.05) is 12.1 Å². The number of hydrazine groups is 1. The quantitative estimate of drug-likeness (QED) is 0.620. The van der Waals surface area contributed by atoms with Gasteiger partial charge in [0.05, 0.1) is 18.8 Å². The maximum Gasteiger partial charge on any atom is 0.183 e. The van der Waals surface area contributed by atoms with Gasteiger partial charge in [0, 0.05) is 38.0 Å². The van der Waals surface area contributed by atoms with Gasteiger partial charge in [-0.15, -0.1) is 0 Å². The highest BCUT2D eigenvalue weighted by Crippen LogP contribution is 2.51. The molecule has 5 heteroatoms. The van der Waals surface area contributed by atoms with Gasteiger partial charge in [0.1, 0.15) is 0 Å². The lowest BCUT2D eigenvalue weighted by atomic mass is 9.92. The van der Waals surface area contributed by atoms with Crippen LogP contribution in [-0.4, -0.2) is 35.8 Å². The van der Waals surface area contributed by atoms with Crippen LogP contribution in [0.4, 0.5) is 0 Å². The van der Waals surface area contributed by atoms with E-state index >= 15 is 0 Å². The molecule has 0 unspecified atom stereocenters. The van der Waals surface area contributed by atoms with Gasteiger partial charge < -0.3 is 14.9 Å². The Kier molecular flexibility index (Phi) is 5.08. The molecule has 3 aromatic rings. The van der Waals surface area contributed by atoms with E-state index in [0.717, 1.165) is 55.2 Å². The third kappa shape index (κ3) is 3.58. The fraction of sp³-hybridized carbons (Fsp3) is 0.286. The molecule has 5 nitrogen and oxygen atoms in total. The molecule has 0 amide bonds. The Morgan fingerprint density at radius 3 is 2.39 bits per heavy atom. The molecule has 168 valence electrons. The number of hydrogen-bond acceptors (Lipinski definition) is 5. The molecule has 33 heavy (non-hydrogen) atoms. The Labute approximate surface area is 195 Å². The standard InChI is InChI=1S/C28H29N3O2/c1-32-26-14-8-13-23-25-19-24(22-11-6-3-7-12-22)29-31(25)28(33-27(23)26)15-17-30(18-16-28)20-21-9-4-2-5-10-21/h2-14,19,25,29H,15-18,20H2,1H3/t25-/m1/s1. The van der Waals surface area contributed by atoms with E-state index < -0.39 is 5.72 Å². The molecule has 0 aromatic heterocycles. The Hall–Kier alpha value is -3.28. The Balaban J connectivity index is 1.32. The lowest BCUT2D eigenvalue weighted by molar-refractivity contribution is -0.161. The highest BCUT2D eigenvalue weighted by Gasteiger charge is 2.52. The zero-order valence-corrected chi connectivity index (χ0v) is 18.9. The SMILES string of the molecule is COc1cccc2c1OC1(CCN(Cc3ccccc3)CC1)N1NC(c3ccccc3)=C[C@H]21. The van der Waals surface area contributed by atoms with Crippen LogP contribution < -0.4 is 14.9 Å². The molecule has 1 fully saturated rings. The second-order valence-corrected chi connectivity index (χ2v) is 9.06. The first kappa shape index (κ1) is 20.3. The highest BCUT2D eigenvalue weighted by atomic mass is 16.5. The Bertz CT molecular complexity index is 1150. The van der Waals surface area contributed by atoms with Gasteiger partial charge >= 0.3 is 0 Å². The van der Waals surface area contributed by atoms with E-state index in [1.165, 1.54) is 11.1 Å². The molecular weight excluding hydrogens is 410 g/mol. The van der Waals surface area contributed by atoms with Gasteiger partial charge in [0.25, 0.3) is 0 Å². The van der Waals surface area contributed by atoms with Crippen molar-refractivity contribution in [3.63, 3.8) is 0 Å². The van der Waals surface area contributed by atoms with Crippen molar-refractivity contribution in [3.05, 3.63) is 102 Å². The number of para-hydroxylation sites is 1. The predicted molar refractivity (Wildman–Crippen MR) is 129 cm³/mol. The third-order valence-electron chi connectivity index (χ3n) is 7.09. The number of ether oxygens (including phenoxy) is 2. The van der Waals surface area contributed by atoms with Crippen molar-refractivity contribution in [2.45, 2.75) is 31.2 Å². The van der Waals surface area contributed by atoms with Crippen LogP contribution in [0.2, 0.25) is 0 Å². The van der Waals surface area contributed by atoms with Gasteiger partial charge in [-0.2, -0.15) is 5.01 Å². The predicted octanol–water partition coefficient (Wildman–Crippen LogP) is 4.98. The van der Waals surface area contributed by atoms with Crippen LogP contribution >= 0.6 is 0 Å². The van der Waals surface area contributed by atoms with E-state index in [4.69, 9.17) is 9.47 Å². The summed E-state index contributed by atoms with van der Waals surface area (Å²) in [6, 6.07) is 27.5. The molecule has 0 saturated carbocycles. The van der Waals surface area contributed by atoms with Crippen molar-refractivity contribution in [1.29, 1.82) is 0 Å². The minimum atomic E-state index is -0.424. The van der Waals surface area contributed by atoms with Crippen LogP contribution in [0.3, 0.4) is 0 Å². The normalized spacial score (nSPS) is 21.5. The number of piperidine rings is 1. The first-order chi connectivity index (χ1) is 16.3. The molecular formula is C28H29N3O2. The van der Waals surface area contributed by atoms with Gasteiger partial charge in [0.2, 0.25) is 0 Å². The molecule has 0 aliphatic carbocycles. The molecule has 3 heterocycles. The molecule has 3 aliphatic rings. The smallest absolute Gasteiger partial charge is 0.183 e. The molecule has 1 N–H and O–H groups in total. The summed E-state index contributed by atoms with van der Waals surface area (Å²) >= 11 is 0. The van der Waals surface area contributed by atoms with Gasteiger partial charge in [-0.1, -0.05) is 72.8 Å². The van der Waals surface area contributed by atoms with Crippen LogP contribution in [0.5, 0.6) is 11.5 Å². The molecule has 1 spiro atoms. The number of methoxy groups -OCH3 is 1. The van der Waals surface area contributed by atoms with Crippen LogP contribution in [0, 0.1) is 0 Å². The molecule has 0 bridgehead atoms. The average molecular weight is 440 g/mol. The van der Waals surface area contributed by atoms with Crippen molar-refractivity contribution in [3.8, 4) is 11.5 Å². The zero-order valence-electron chi connectivity index (χ0n) is 18.9. The maximum atomic E-state index is 6.86. The highest BCUT2D eigenvalue weighted by molar-refractivity contribution is 5.68. The zero-order chi connectivity index (χ0) is 22.3. The monoisotopic (exact) mass is 439 g/mol. The number of rotatable bonds is 4. The summed E-state index contributed by atoms with van der Waals surface area (Å²) in [6.07, 6.45) is 4.15. The van der Waals surface area contributed by atoms with Crippen LogP contribution in [0.25, 0.3) is 5.70 Å². The van der Waals surface area contributed by atoms with Gasteiger partial charge in [-0.05, 0) is 23.3 Å². The van der Waals surface area contributed by atoms with Crippen molar-refractivity contribution < 1.29 is 9.47 Å². The molecule has 6 rings (SSSR count). The Morgan fingerprint density at radius 1 is 0.939 bits per heavy atom. The second-order valence-electron chi connectivity index (χ2n) is 9.06. The average Bonchev–Trinajstić information content (AvgIpc) is 3.34. The lowest BCUT2D eigenvalue weighted by Gasteiger charge is -2.52. The second kappa shape index (κ2) is 8.25. The minimum absolute atomic E-state index is 0.0970. The largest absolute Gasteiger partial charge is 0.493 e. The summed E-state index contributed by atoms with van der Waals surface area (Å²) in [7, 11) is 1.72. The fourth-order valence-electron chi connectivity index (χ4n) is 5.35. The molecule has 1 saturated heterocycles. The topological polar surface area (TPSA) is 37.0 Å². The summed E-state index contributed by atoms with van der Waals surface area (Å²) in [5.74, 6) is 1.69. The fourth-order valence-corrected chi connectivity index (χ4v) is 5.35. The summed E-state index contributed by atoms with van der Waals surface area (Å²) < 4.78 is 12.6. The number of nitrogens with one attached hydrogen (secondary N) is 1. The number of fused-ring (bicyclic) bond motifs is 4. The lowest BCUT2D eigenvalue weighted by Crippen LogP contribution is -2.63. The molecule has 0 radical (unpaired) electrons. The van der Waals surface area contributed by atoms with Crippen molar-refractivity contribution >= 4 is 5.70 Å². The van der Waals surface area contributed by atoms with Crippen molar-refractivity contribution in [1.82, 2.24) is 15.3 Å². The van der Waals surface area contributed by atoms with Gasteiger partial charge in [-0.25, -0.2) is 0 Å². The van der Waals surface area contributed by atoms with Crippen molar-refractivity contribution in [2.24, 2.45) is 0 Å². The first-order valence-corrected chi connectivity index (χ1v) is 11.7. The van der Waals surface area contributed by atoms with Gasteiger partial charge in [-0.3, -0.25) is 4.90 Å². The van der Waals surface area contributed by atoms with Crippen LogP contribution in [-0.2, 0) is 6.54 Å². The first-order valence-electron chi connectivity index (χ1n) is 11.7. The van der Waals surface area contributed by atoms with Gasteiger partial charge in [0.15, 0.2) is 17.2 Å². The number of hydrogen-bond donors (Lipinski definition) is 1. The van der Waals surface area contributed by atoms with E-state index in [-0.39, 0.29) is 6.04 Å². The van der Waals surface area contributed by atoms with E-state index in [2.05, 4.69) is 88.1 Å². The molecule has 3 aromatic carbocycles.